The van der Waals surface area contributed by atoms with E-state index in [4.69, 9.17) is 0 Å². The Morgan fingerprint density at radius 2 is 2.07 bits per heavy atom. The van der Waals surface area contributed by atoms with Gasteiger partial charge >= 0.3 is 0 Å². The molecule has 15 heavy (non-hydrogen) atoms. The van der Waals surface area contributed by atoms with E-state index < -0.39 is 0 Å². The van der Waals surface area contributed by atoms with Crippen molar-refractivity contribution in [2.45, 2.75) is 58.8 Å². The number of rotatable bonds is 6. The van der Waals surface area contributed by atoms with Crippen LogP contribution in [0.1, 0.15) is 63.1 Å². The van der Waals surface area contributed by atoms with Crippen LogP contribution >= 0.6 is 0 Å². The van der Waals surface area contributed by atoms with Crippen LogP contribution in [0.5, 0.6) is 0 Å². The lowest BCUT2D eigenvalue weighted by atomic mass is 9.95. The summed E-state index contributed by atoms with van der Waals surface area (Å²) < 4.78 is 0. The van der Waals surface area contributed by atoms with E-state index in [1.807, 2.05) is 6.20 Å². The van der Waals surface area contributed by atoms with E-state index in [0.29, 0.717) is 5.92 Å². The van der Waals surface area contributed by atoms with Crippen molar-refractivity contribution in [3.05, 3.63) is 29.6 Å². The Labute approximate surface area is 93.9 Å². The topological polar surface area (TPSA) is 12.9 Å². The average Bonchev–Trinajstić information content (AvgIpc) is 2.24. The maximum atomic E-state index is 4.23. The molecule has 1 atom stereocenters. The maximum absolute atomic E-state index is 4.23. The fourth-order valence-corrected chi connectivity index (χ4v) is 1.92. The third kappa shape index (κ3) is 4.46. The first-order valence-electron chi connectivity index (χ1n) is 6.16. The van der Waals surface area contributed by atoms with Crippen molar-refractivity contribution in [3.8, 4) is 0 Å². The molecule has 0 saturated carbocycles. The number of unbranched alkanes of at least 4 members (excludes halogenated alkanes) is 3. The van der Waals surface area contributed by atoms with Crippen LogP contribution in [-0.2, 0) is 0 Å². The molecule has 1 heteroatoms. The smallest absolute Gasteiger partial charge is 0.0375 e. The van der Waals surface area contributed by atoms with Crippen LogP contribution in [0.2, 0.25) is 0 Å². The van der Waals surface area contributed by atoms with Crippen LogP contribution in [-0.4, -0.2) is 4.98 Å². The molecule has 1 rings (SSSR count). The molecule has 1 heterocycles. The number of hydrogen-bond donors (Lipinski definition) is 0. The molecule has 1 unspecified atom stereocenters. The molecule has 0 fully saturated rings. The predicted molar refractivity (Wildman–Crippen MR) is 66.1 cm³/mol. The minimum absolute atomic E-state index is 0.684. The van der Waals surface area contributed by atoms with Crippen LogP contribution in [0.4, 0.5) is 0 Å². The lowest BCUT2D eigenvalue weighted by Crippen LogP contribution is -1.95. The number of hydrogen-bond acceptors (Lipinski definition) is 1. The van der Waals surface area contributed by atoms with Gasteiger partial charge in [-0.05, 0) is 37.0 Å². The van der Waals surface area contributed by atoms with Gasteiger partial charge in [-0.3, -0.25) is 4.98 Å². The lowest BCUT2D eigenvalue weighted by molar-refractivity contribution is 0.579. The highest BCUT2D eigenvalue weighted by Gasteiger charge is 2.05. The van der Waals surface area contributed by atoms with Crippen molar-refractivity contribution in [1.82, 2.24) is 4.98 Å². The fourth-order valence-electron chi connectivity index (χ4n) is 1.92. The summed E-state index contributed by atoms with van der Waals surface area (Å²) in [7, 11) is 0. The molecule has 0 radical (unpaired) electrons. The summed E-state index contributed by atoms with van der Waals surface area (Å²) in [5.41, 5.74) is 2.58. The molecule has 1 nitrogen and oxygen atoms in total. The van der Waals surface area contributed by atoms with Gasteiger partial charge in [-0.1, -0.05) is 39.5 Å². The van der Waals surface area contributed by atoms with Gasteiger partial charge in [0.05, 0.1) is 0 Å². The fraction of sp³-hybridized carbons (Fsp3) is 0.643. The van der Waals surface area contributed by atoms with Crippen LogP contribution < -0.4 is 0 Å². The zero-order valence-electron chi connectivity index (χ0n) is 10.3. The van der Waals surface area contributed by atoms with Crippen LogP contribution in [0.3, 0.4) is 0 Å². The van der Waals surface area contributed by atoms with Gasteiger partial charge in [0.15, 0.2) is 0 Å². The van der Waals surface area contributed by atoms with Crippen LogP contribution in [0, 0.1) is 6.92 Å². The molecule has 0 amide bonds. The van der Waals surface area contributed by atoms with Crippen LogP contribution in [0.15, 0.2) is 18.3 Å². The molecule has 0 aliphatic carbocycles. The average molecular weight is 205 g/mol. The summed E-state index contributed by atoms with van der Waals surface area (Å²) >= 11 is 0. The molecule has 0 spiro atoms. The normalized spacial score (nSPS) is 12.7. The highest BCUT2D eigenvalue weighted by molar-refractivity contribution is 5.19. The standard InChI is InChI=1S/C14H23N/c1-4-5-6-7-8-12(2)14-9-10-15-13(3)11-14/h9-12H,4-8H2,1-3H3. The predicted octanol–water partition coefficient (Wildman–Crippen LogP) is 4.46. The van der Waals surface area contributed by atoms with Crippen molar-refractivity contribution in [1.29, 1.82) is 0 Å². The van der Waals surface area contributed by atoms with Crippen molar-refractivity contribution >= 4 is 0 Å². The van der Waals surface area contributed by atoms with Gasteiger partial charge in [-0.25, -0.2) is 0 Å². The molecule has 0 aliphatic rings. The summed E-state index contributed by atoms with van der Waals surface area (Å²) in [5.74, 6) is 0.684. The number of pyridine rings is 1. The van der Waals surface area contributed by atoms with E-state index in [0.717, 1.165) is 5.69 Å². The largest absolute Gasteiger partial charge is 0.262 e. The first-order chi connectivity index (χ1) is 7.24. The lowest BCUT2D eigenvalue weighted by Gasteiger charge is -2.11. The summed E-state index contributed by atoms with van der Waals surface area (Å²) in [6.45, 7) is 6.64. The Morgan fingerprint density at radius 3 is 2.73 bits per heavy atom. The third-order valence-electron chi connectivity index (χ3n) is 2.98. The van der Waals surface area contributed by atoms with E-state index in [2.05, 4.69) is 37.9 Å². The monoisotopic (exact) mass is 205 g/mol. The summed E-state index contributed by atoms with van der Waals surface area (Å²) in [6, 6.07) is 4.36. The minimum atomic E-state index is 0.684. The Bertz CT molecular complexity index is 280. The van der Waals surface area contributed by atoms with Gasteiger partial charge in [0.25, 0.3) is 0 Å². The van der Waals surface area contributed by atoms with Gasteiger partial charge in [-0.15, -0.1) is 0 Å². The second-order valence-corrected chi connectivity index (χ2v) is 4.48. The molecule has 0 aliphatic heterocycles. The first kappa shape index (κ1) is 12.2. The van der Waals surface area contributed by atoms with E-state index in [9.17, 15) is 0 Å². The summed E-state index contributed by atoms with van der Waals surface area (Å²) in [6.07, 6.45) is 8.67. The van der Waals surface area contributed by atoms with Gasteiger partial charge in [0.2, 0.25) is 0 Å². The molecule has 1 aromatic rings. The summed E-state index contributed by atoms with van der Waals surface area (Å²) in [4.78, 5) is 4.23. The van der Waals surface area contributed by atoms with Crippen molar-refractivity contribution in [2.24, 2.45) is 0 Å². The van der Waals surface area contributed by atoms with Gasteiger partial charge < -0.3 is 0 Å². The Hall–Kier alpha value is -0.850. The maximum Gasteiger partial charge on any atom is 0.0375 e. The highest BCUT2D eigenvalue weighted by atomic mass is 14.6. The Morgan fingerprint density at radius 1 is 1.27 bits per heavy atom. The van der Waals surface area contributed by atoms with E-state index in [-0.39, 0.29) is 0 Å². The second-order valence-electron chi connectivity index (χ2n) is 4.48. The first-order valence-corrected chi connectivity index (χ1v) is 6.16. The van der Waals surface area contributed by atoms with E-state index >= 15 is 0 Å². The highest BCUT2D eigenvalue weighted by Crippen LogP contribution is 2.21. The molecule has 1 aromatic heterocycles. The number of nitrogens with zero attached hydrogens (tertiary/aromatic N) is 1. The minimum Gasteiger partial charge on any atom is -0.262 e. The van der Waals surface area contributed by atoms with Crippen molar-refractivity contribution in [3.63, 3.8) is 0 Å². The van der Waals surface area contributed by atoms with Crippen molar-refractivity contribution in [2.75, 3.05) is 0 Å². The zero-order chi connectivity index (χ0) is 11.1. The third-order valence-corrected chi connectivity index (χ3v) is 2.98. The zero-order valence-corrected chi connectivity index (χ0v) is 10.3. The van der Waals surface area contributed by atoms with Gasteiger partial charge in [-0.2, -0.15) is 0 Å². The molecule has 0 bridgehead atoms. The quantitative estimate of drug-likeness (QED) is 0.625. The SMILES string of the molecule is CCCCCCC(C)c1ccnc(C)c1. The molecule has 0 N–H and O–H groups in total. The molecule has 0 aromatic carbocycles. The van der Waals surface area contributed by atoms with E-state index in [1.165, 1.54) is 37.7 Å². The molecular formula is C14H23N. The van der Waals surface area contributed by atoms with Gasteiger partial charge in [0.1, 0.15) is 0 Å². The molecular weight excluding hydrogens is 182 g/mol. The second kappa shape index (κ2) is 6.60. The van der Waals surface area contributed by atoms with Crippen molar-refractivity contribution < 1.29 is 0 Å². The summed E-state index contributed by atoms with van der Waals surface area (Å²) in [5, 5.41) is 0. The van der Waals surface area contributed by atoms with Gasteiger partial charge in [0, 0.05) is 11.9 Å². The number of aryl methyl sites for hydroxylation is 1. The Balaban J connectivity index is 2.36. The number of aromatic nitrogens is 1. The Kier molecular flexibility index (Phi) is 5.38. The van der Waals surface area contributed by atoms with Crippen LogP contribution in [0.25, 0.3) is 0 Å². The van der Waals surface area contributed by atoms with E-state index in [1.54, 1.807) is 0 Å². The molecule has 84 valence electrons. The molecule has 0 saturated heterocycles.